The Kier molecular flexibility index (Phi) is 30.2. The second kappa shape index (κ2) is 31.0. The fraction of sp³-hybridized carbons (Fsp3) is 0.250. The standard InChI is InChI=1S/2C18H23N5.2C2H3N.2ClHO4.Ni/c2*1-11-5-12(2)8-15(7-11)21-17(19)23-18(20)22-16-9-13(3)6-14(4)10-16;2*1-2-3;2*2-1(3,4)5;/h2*5-10H,1-4H3,(H5,19,20,21,22,23);2*1H3;2*(H,2,3,4,5);/q;;;;;;+2/p-2. The monoisotopic (exact) mass is 956 g/mol. The molecule has 0 atom stereocenters. The number of hydrogen-bond donors (Lipinski definition) is 10. The van der Waals surface area contributed by atoms with Gasteiger partial charge >= 0.3 is 16.5 Å². The van der Waals surface area contributed by atoms with Crippen molar-refractivity contribution in [3.63, 3.8) is 0 Å². The van der Waals surface area contributed by atoms with Gasteiger partial charge in [0, 0.05) is 36.6 Å². The third-order valence-corrected chi connectivity index (χ3v) is 6.46. The number of nitriles is 2. The zero-order valence-corrected chi connectivity index (χ0v) is 38.7. The van der Waals surface area contributed by atoms with Gasteiger partial charge < -0.3 is 21.3 Å². The van der Waals surface area contributed by atoms with Crippen molar-refractivity contribution in [3.05, 3.63) is 117 Å². The summed E-state index contributed by atoms with van der Waals surface area (Å²) in [5.41, 5.74) is 12.4. The predicted molar refractivity (Wildman–Crippen MR) is 218 cm³/mol. The van der Waals surface area contributed by atoms with Crippen molar-refractivity contribution in [2.75, 3.05) is 21.3 Å². The van der Waals surface area contributed by atoms with E-state index in [4.69, 9.17) is 69.4 Å². The van der Waals surface area contributed by atoms with E-state index in [9.17, 15) is 0 Å². The van der Waals surface area contributed by atoms with Gasteiger partial charge in [-0.1, -0.05) is 24.3 Å². The van der Waals surface area contributed by atoms with E-state index in [-0.39, 0.29) is 40.3 Å². The van der Waals surface area contributed by atoms with Crippen LogP contribution in [0.5, 0.6) is 0 Å². The molecule has 4 aromatic rings. The van der Waals surface area contributed by atoms with Crippen molar-refractivity contribution in [1.82, 2.24) is 10.6 Å². The van der Waals surface area contributed by atoms with Gasteiger partial charge in [0.15, 0.2) is 23.8 Å². The van der Waals surface area contributed by atoms with Crippen LogP contribution >= 0.6 is 0 Å². The summed E-state index contributed by atoms with van der Waals surface area (Å²) in [4.78, 5) is 0. The second-order valence-corrected chi connectivity index (χ2v) is 14.5. The maximum atomic E-state index is 8.49. The van der Waals surface area contributed by atoms with Gasteiger partial charge in [-0.15, -0.1) is 20.5 Å². The second-order valence-electron chi connectivity index (χ2n) is 13.0. The zero-order chi connectivity index (χ0) is 48.4. The molecule has 4 aromatic carbocycles. The molecule has 0 fully saturated rings. The van der Waals surface area contributed by atoms with E-state index in [0.29, 0.717) is 0 Å². The summed E-state index contributed by atoms with van der Waals surface area (Å²) in [6.07, 6.45) is 0. The minimum absolute atomic E-state index is 0. The summed E-state index contributed by atoms with van der Waals surface area (Å²) >= 11 is 0. The molecule has 344 valence electrons. The Morgan fingerprint density at radius 1 is 0.381 bits per heavy atom. The minimum Gasteiger partial charge on any atom is -0.326 e. The van der Waals surface area contributed by atoms with Gasteiger partial charge in [-0.25, -0.2) is 37.3 Å². The van der Waals surface area contributed by atoms with Crippen LogP contribution in [0.3, 0.4) is 0 Å². The fourth-order valence-electron chi connectivity index (χ4n) is 5.14. The molecule has 0 aliphatic carbocycles. The number of aryl methyl sites for hydroxylation is 8. The van der Waals surface area contributed by atoms with Gasteiger partial charge in [-0.05, 0) is 148 Å². The summed E-state index contributed by atoms with van der Waals surface area (Å²) < 4.78 is 67.9. The van der Waals surface area contributed by atoms with E-state index >= 15 is 0 Å². The normalized spacial score (nSPS) is 9.52. The molecule has 0 heterocycles. The summed E-state index contributed by atoms with van der Waals surface area (Å²) in [5.74, 6) is 0.211. The van der Waals surface area contributed by atoms with Crippen molar-refractivity contribution >= 4 is 46.6 Å². The molecule has 10 N–H and O–H groups in total. The van der Waals surface area contributed by atoms with Crippen molar-refractivity contribution in [2.45, 2.75) is 69.2 Å². The molecule has 0 saturated carbocycles. The Balaban J connectivity index is -0.000000843. The van der Waals surface area contributed by atoms with Crippen molar-refractivity contribution in [3.8, 4) is 12.1 Å². The molecular formula is C40H52Cl2N12NiO8. The quantitative estimate of drug-likeness (QED) is 0.0690. The number of benzene rings is 4. The van der Waals surface area contributed by atoms with Crippen LogP contribution in [0, 0.1) is 120 Å². The molecule has 4 rings (SSSR count). The SMILES string of the molecule is CC#N.CC#N.Cc1cc(C)cc(NC(=N)NC(=N)Nc2cc(C)cc(C)c2)c1.Cc1cc(C)cc(NC(=N)NC(=N)Nc2cc(C)cc(C)c2)c1.[Ni+2].[O-][Cl+3]([O-])([O-])[O-].[O-][Cl+3]([O-])([O-])[O-]. The van der Waals surface area contributed by atoms with Crippen LogP contribution in [0.2, 0.25) is 0 Å². The topological polar surface area (TPSA) is 400 Å². The van der Waals surface area contributed by atoms with Crippen LogP contribution in [0.15, 0.2) is 72.8 Å². The smallest absolute Gasteiger partial charge is 0.326 e. The largest absolute Gasteiger partial charge is 2.00 e. The van der Waals surface area contributed by atoms with Gasteiger partial charge in [0.25, 0.3) is 0 Å². The molecule has 0 radical (unpaired) electrons. The summed E-state index contributed by atoms with van der Waals surface area (Å²) in [7, 11) is -9.89. The van der Waals surface area contributed by atoms with Gasteiger partial charge in [0.05, 0.1) is 12.1 Å². The van der Waals surface area contributed by atoms with Crippen molar-refractivity contribution in [2.24, 2.45) is 0 Å². The van der Waals surface area contributed by atoms with Gasteiger partial charge in [0.2, 0.25) is 0 Å². The minimum atomic E-state index is -4.94. The first kappa shape index (κ1) is 61.4. The predicted octanol–water partition coefficient (Wildman–Crippen LogP) is -0.648. The van der Waals surface area contributed by atoms with E-state index < -0.39 is 20.5 Å². The third-order valence-electron chi connectivity index (χ3n) is 6.46. The summed E-state index contributed by atoms with van der Waals surface area (Å²) in [5, 5.41) is 63.6. The first-order valence-corrected chi connectivity index (χ1v) is 20.1. The molecule has 0 spiro atoms. The van der Waals surface area contributed by atoms with E-state index in [1.165, 1.54) is 13.8 Å². The third kappa shape index (κ3) is 37.6. The Hall–Kier alpha value is -5.91. The molecule has 0 aliphatic heterocycles. The van der Waals surface area contributed by atoms with Crippen LogP contribution in [-0.2, 0) is 16.5 Å². The van der Waals surface area contributed by atoms with Gasteiger partial charge in [-0.2, -0.15) is 10.5 Å². The Bertz CT molecular complexity index is 1820. The maximum absolute atomic E-state index is 8.49. The molecule has 0 aromatic heterocycles. The average Bonchev–Trinajstić information content (AvgIpc) is 3.02. The van der Waals surface area contributed by atoms with E-state index in [0.717, 1.165) is 67.3 Å². The number of rotatable bonds is 4. The van der Waals surface area contributed by atoms with Crippen LogP contribution in [0.1, 0.15) is 58.4 Å². The van der Waals surface area contributed by atoms with Crippen molar-refractivity contribution < 1.29 is 74.2 Å². The fourth-order valence-corrected chi connectivity index (χ4v) is 5.14. The average molecular weight is 959 g/mol. The van der Waals surface area contributed by atoms with Crippen LogP contribution in [-0.4, -0.2) is 23.8 Å². The molecule has 0 amide bonds. The van der Waals surface area contributed by atoms with E-state index in [1.54, 1.807) is 12.1 Å². The molecule has 23 heteroatoms. The molecular weight excluding hydrogens is 906 g/mol. The Morgan fingerprint density at radius 3 is 0.603 bits per heavy atom. The molecule has 20 nitrogen and oxygen atoms in total. The van der Waals surface area contributed by atoms with Crippen LogP contribution in [0.25, 0.3) is 0 Å². The first-order valence-electron chi connectivity index (χ1n) is 17.6. The van der Waals surface area contributed by atoms with Gasteiger partial charge in [0.1, 0.15) is 0 Å². The molecule has 0 aliphatic rings. The molecule has 0 unspecified atom stereocenters. The maximum Gasteiger partial charge on any atom is 2.00 e. The number of hydrogen-bond acceptors (Lipinski definition) is 14. The van der Waals surface area contributed by atoms with Crippen molar-refractivity contribution in [1.29, 1.82) is 32.2 Å². The Labute approximate surface area is 382 Å². The van der Waals surface area contributed by atoms with E-state index in [1.807, 2.05) is 104 Å². The molecule has 0 bridgehead atoms. The zero-order valence-electron chi connectivity index (χ0n) is 36.2. The first-order chi connectivity index (χ1) is 28.5. The number of guanidine groups is 4. The number of halogens is 2. The van der Waals surface area contributed by atoms with Crippen LogP contribution < -0.4 is 69.2 Å². The van der Waals surface area contributed by atoms with Crippen LogP contribution in [0.4, 0.5) is 22.7 Å². The van der Waals surface area contributed by atoms with E-state index in [2.05, 4.69) is 56.2 Å². The number of anilines is 4. The molecule has 0 saturated heterocycles. The number of nitrogens with one attached hydrogen (secondary N) is 10. The summed E-state index contributed by atoms with van der Waals surface area (Å²) in [6.45, 7) is 19.0. The number of nitrogens with zero attached hydrogens (tertiary/aromatic N) is 2. The summed E-state index contributed by atoms with van der Waals surface area (Å²) in [6, 6.07) is 27.5. The molecule has 63 heavy (non-hydrogen) atoms. The Morgan fingerprint density at radius 2 is 0.492 bits per heavy atom. The van der Waals surface area contributed by atoms with Gasteiger partial charge in [-0.3, -0.25) is 32.3 Å².